The molecule has 0 atom stereocenters. The second kappa shape index (κ2) is 8.40. The summed E-state index contributed by atoms with van der Waals surface area (Å²) >= 11 is 6.83. The molecule has 0 radical (unpaired) electrons. The third kappa shape index (κ3) is 3.35. The van der Waals surface area contributed by atoms with Crippen molar-refractivity contribution < 1.29 is 9.53 Å². The highest BCUT2D eigenvalue weighted by Gasteiger charge is 2.32. The highest BCUT2D eigenvalue weighted by molar-refractivity contribution is 7.98. The van der Waals surface area contributed by atoms with E-state index < -0.39 is 12.9 Å². The SMILES string of the molecule is CCOC(=O)C(Cl)=P(c1ccccc1)(c1ccccc1)c1ccccc1. The quantitative estimate of drug-likeness (QED) is 0.494. The molecule has 0 heterocycles. The number of ether oxygens (including phenoxy) is 1. The number of rotatable bonds is 5. The standard InChI is InChI=1S/C22H20ClO2P/c1-2-25-22(24)21(23)26(18-12-6-3-7-13-18,19-14-8-4-9-15-19)20-16-10-5-11-17-20/h3-17H,2H2,1H3. The third-order valence-electron chi connectivity index (χ3n) is 4.17. The molecule has 0 aliphatic heterocycles. The van der Waals surface area contributed by atoms with E-state index in [9.17, 15) is 4.79 Å². The van der Waals surface area contributed by atoms with Crippen LogP contribution in [0.3, 0.4) is 0 Å². The monoisotopic (exact) mass is 382 g/mol. The molecule has 0 N–H and O–H groups in total. The van der Waals surface area contributed by atoms with Gasteiger partial charge in [0.2, 0.25) is 0 Å². The first kappa shape index (κ1) is 18.5. The summed E-state index contributed by atoms with van der Waals surface area (Å²) in [4.78, 5) is 12.7. The van der Waals surface area contributed by atoms with Gasteiger partial charge in [0.25, 0.3) is 0 Å². The number of benzene rings is 3. The van der Waals surface area contributed by atoms with Gasteiger partial charge < -0.3 is 4.74 Å². The van der Waals surface area contributed by atoms with Crippen LogP contribution < -0.4 is 15.9 Å². The predicted molar refractivity (Wildman–Crippen MR) is 113 cm³/mol. The average molecular weight is 383 g/mol. The van der Waals surface area contributed by atoms with Crippen molar-refractivity contribution in [1.82, 2.24) is 0 Å². The summed E-state index contributed by atoms with van der Waals surface area (Å²) in [7, 11) is 0. The summed E-state index contributed by atoms with van der Waals surface area (Å²) in [6.45, 7) is -0.450. The summed E-state index contributed by atoms with van der Waals surface area (Å²) in [5.41, 5.74) is 0. The average Bonchev–Trinajstić information content (AvgIpc) is 2.71. The largest absolute Gasteiger partial charge is 0.462 e. The van der Waals surface area contributed by atoms with Crippen molar-refractivity contribution in [2.24, 2.45) is 0 Å². The molecule has 3 aromatic rings. The van der Waals surface area contributed by atoms with Crippen LogP contribution in [0.25, 0.3) is 0 Å². The molecule has 0 aliphatic rings. The van der Waals surface area contributed by atoms with Crippen LogP contribution in [-0.2, 0) is 9.53 Å². The maximum Gasteiger partial charge on any atom is 0.350 e. The van der Waals surface area contributed by atoms with E-state index in [0.717, 1.165) is 15.9 Å². The van der Waals surface area contributed by atoms with Gasteiger partial charge in [0.1, 0.15) is 4.75 Å². The smallest absolute Gasteiger partial charge is 0.350 e. The van der Waals surface area contributed by atoms with Crippen LogP contribution in [0.1, 0.15) is 6.92 Å². The molecule has 26 heavy (non-hydrogen) atoms. The van der Waals surface area contributed by atoms with E-state index in [1.807, 2.05) is 91.0 Å². The molecule has 3 aromatic carbocycles. The molecule has 4 heteroatoms. The van der Waals surface area contributed by atoms with Crippen molar-refractivity contribution in [3.8, 4) is 0 Å². The topological polar surface area (TPSA) is 26.3 Å². The number of carbonyl (C=O) groups excluding carboxylic acids is 1. The van der Waals surface area contributed by atoms with Crippen molar-refractivity contribution in [2.45, 2.75) is 6.92 Å². The molecule has 132 valence electrons. The Bertz CT molecular complexity index is 819. The molecule has 0 aliphatic carbocycles. The number of esters is 1. The summed E-state index contributed by atoms with van der Waals surface area (Å²) in [6, 6.07) is 30.0. The maximum absolute atomic E-state index is 12.7. The van der Waals surface area contributed by atoms with Crippen LogP contribution in [-0.4, -0.2) is 17.3 Å². The molecule has 0 unspecified atom stereocenters. The fraction of sp³-hybridized carbons (Fsp3) is 0.0909. The number of carbonyl (C=O) groups is 1. The minimum atomic E-state index is -2.52. The summed E-state index contributed by atoms with van der Waals surface area (Å²) in [5.74, 6) is -0.459. The van der Waals surface area contributed by atoms with Crippen LogP contribution in [0.4, 0.5) is 0 Å². The first-order valence-corrected chi connectivity index (χ1v) is 10.6. The van der Waals surface area contributed by atoms with Crippen LogP contribution >= 0.6 is 18.5 Å². The van der Waals surface area contributed by atoms with E-state index in [4.69, 9.17) is 16.3 Å². The lowest BCUT2D eigenvalue weighted by Crippen LogP contribution is -2.32. The first-order valence-electron chi connectivity index (χ1n) is 8.47. The van der Waals surface area contributed by atoms with E-state index in [1.165, 1.54) is 0 Å². The van der Waals surface area contributed by atoms with Gasteiger partial charge in [-0.3, -0.25) is 0 Å². The second-order valence-electron chi connectivity index (χ2n) is 5.69. The lowest BCUT2D eigenvalue weighted by Gasteiger charge is -2.29. The predicted octanol–water partition coefficient (Wildman–Crippen LogP) is 3.91. The molecular weight excluding hydrogens is 363 g/mol. The highest BCUT2D eigenvalue weighted by Crippen LogP contribution is 2.47. The number of hydrogen-bond acceptors (Lipinski definition) is 2. The minimum absolute atomic E-state index is 0.239. The zero-order chi connectivity index (χ0) is 18.4. The van der Waals surface area contributed by atoms with Gasteiger partial charge in [-0.05, 0) is 22.8 Å². The van der Waals surface area contributed by atoms with Crippen LogP contribution in [0.15, 0.2) is 91.0 Å². The van der Waals surface area contributed by atoms with Gasteiger partial charge in [0.05, 0.1) is 6.61 Å². The molecule has 0 spiro atoms. The Balaban J connectivity index is 2.48. The van der Waals surface area contributed by atoms with Crippen molar-refractivity contribution in [3.63, 3.8) is 0 Å². The fourth-order valence-electron chi connectivity index (χ4n) is 3.07. The molecular formula is C22H20ClO2P. The van der Waals surface area contributed by atoms with E-state index in [0.29, 0.717) is 0 Å². The third-order valence-corrected chi connectivity index (χ3v) is 9.07. The Morgan fingerprint density at radius 3 is 1.42 bits per heavy atom. The van der Waals surface area contributed by atoms with Crippen molar-refractivity contribution >= 4 is 45.1 Å². The zero-order valence-electron chi connectivity index (χ0n) is 14.5. The highest BCUT2D eigenvalue weighted by atomic mass is 35.5. The number of hydrogen-bond donors (Lipinski definition) is 0. The summed E-state index contributed by atoms with van der Waals surface area (Å²) < 4.78 is 5.53. The lowest BCUT2D eigenvalue weighted by atomic mass is 10.4. The van der Waals surface area contributed by atoms with E-state index >= 15 is 0 Å². The normalized spacial score (nSPS) is 11.0. The molecule has 0 aromatic heterocycles. The van der Waals surface area contributed by atoms with Crippen molar-refractivity contribution in [3.05, 3.63) is 91.0 Å². The van der Waals surface area contributed by atoms with Crippen LogP contribution in [0, 0.1) is 0 Å². The Morgan fingerprint density at radius 1 is 0.769 bits per heavy atom. The van der Waals surface area contributed by atoms with E-state index in [-0.39, 0.29) is 11.4 Å². The molecule has 0 fully saturated rings. The maximum atomic E-state index is 12.7. The van der Waals surface area contributed by atoms with Crippen molar-refractivity contribution in [2.75, 3.05) is 6.61 Å². The molecule has 2 nitrogen and oxygen atoms in total. The number of halogens is 1. The summed E-state index contributed by atoms with van der Waals surface area (Å²) in [6.07, 6.45) is 0. The van der Waals surface area contributed by atoms with Gasteiger partial charge in [-0.15, -0.1) is 0 Å². The van der Waals surface area contributed by atoms with Crippen LogP contribution in [0.5, 0.6) is 0 Å². The zero-order valence-corrected chi connectivity index (χ0v) is 16.2. The van der Waals surface area contributed by atoms with E-state index in [1.54, 1.807) is 6.92 Å². The van der Waals surface area contributed by atoms with Crippen LogP contribution in [0.2, 0.25) is 0 Å². The van der Waals surface area contributed by atoms with Gasteiger partial charge in [-0.25, -0.2) is 4.79 Å². The molecule has 0 saturated heterocycles. The molecule has 0 bridgehead atoms. The fourth-order valence-corrected chi connectivity index (χ4v) is 7.77. The van der Waals surface area contributed by atoms with E-state index in [2.05, 4.69) is 0 Å². The lowest BCUT2D eigenvalue weighted by molar-refractivity contribution is -0.134. The van der Waals surface area contributed by atoms with Gasteiger partial charge in [0.15, 0.2) is 0 Å². The van der Waals surface area contributed by atoms with Crippen molar-refractivity contribution in [1.29, 1.82) is 0 Å². The minimum Gasteiger partial charge on any atom is -0.462 e. The van der Waals surface area contributed by atoms with Gasteiger partial charge in [-0.2, -0.15) is 0 Å². The Hall–Kier alpha value is -2.28. The van der Waals surface area contributed by atoms with Gasteiger partial charge >= 0.3 is 5.97 Å². The first-order chi connectivity index (χ1) is 12.7. The Kier molecular flexibility index (Phi) is 5.98. The van der Waals surface area contributed by atoms with Gasteiger partial charge in [0, 0.05) is 6.89 Å². The molecule has 0 amide bonds. The second-order valence-corrected chi connectivity index (χ2v) is 9.67. The summed E-state index contributed by atoms with van der Waals surface area (Å²) in [5, 5.41) is 3.07. The molecule has 0 saturated carbocycles. The Morgan fingerprint density at radius 2 is 1.12 bits per heavy atom. The Labute approximate surface area is 159 Å². The van der Waals surface area contributed by atoms with Gasteiger partial charge in [-0.1, -0.05) is 103 Å². The molecule has 3 rings (SSSR count).